The zero-order valence-electron chi connectivity index (χ0n) is 19.0. The van der Waals surface area contributed by atoms with E-state index in [1.54, 1.807) is 0 Å². The Kier molecular flexibility index (Phi) is 8.51. The maximum absolute atomic E-state index is 2.37. The summed E-state index contributed by atoms with van der Waals surface area (Å²) in [5, 5.41) is 2.61. The van der Waals surface area contributed by atoms with Gasteiger partial charge in [0.05, 0.1) is 0 Å². The summed E-state index contributed by atoms with van der Waals surface area (Å²) in [4.78, 5) is 0. The highest BCUT2D eigenvalue weighted by Gasteiger charge is 2.17. The van der Waals surface area contributed by atoms with Gasteiger partial charge in [-0.25, -0.2) is 0 Å². The SMILES string of the molecule is CCCC1=C/C(=C\c2cccc3ccccc23)c2ccccc21.CCCCCCC. The van der Waals surface area contributed by atoms with Crippen molar-refractivity contribution in [1.29, 1.82) is 0 Å². The predicted octanol–water partition coefficient (Wildman–Crippen LogP) is 9.55. The van der Waals surface area contributed by atoms with Gasteiger partial charge in [0.15, 0.2) is 0 Å². The van der Waals surface area contributed by atoms with Crippen LogP contribution in [-0.2, 0) is 0 Å². The Morgan fingerprint density at radius 1 is 0.633 bits per heavy atom. The van der Waals surface area contributed by atoms with Crippen LogP contribution in [0.4, 0.5) is 0 Å². The summed E-state index contributed by atoms with van der Waals surface area (Å²) in [6, 6.07) is 23.9. The number of hydrogen-bond donors (Lipinski definition) is 0. The van der Waals surface area contributed by atoms with Gasteiger partial charge in [0.1, 0.15) is 0 Å². The average molecular weight is 397 g/mol. The van der Waals surface area contributed by atoms with E-state index in [4.69, 9.17) is 0 Å². The van der Waals surface area contributed by atoms with Crippen LogP contribution in [0.2, 0.25) is 0 Å². The van der Waals surface area contributed by atoms with E-state index >= 15 is 0 Å². The highest BCUT2D eigenvalue weighted by Crippen LogP contribution is 2.38. The first-order valence-corrected chi connectivity index (χ1v) is 11.8. The van der Waals surface area contributed by atoms with Gasteiger partial charge < -0.3 is 0 Å². The van der Waals surface area contributed by atoms with Gasteiger partial charge in [0.2, 0.25) is 0 Å². The van der Waals surface area contributed by atoms with Crippen LogP contribution in [0.5, 0.6) is 0 Å². The van der Waals surface area contributed by atoms with Gasteiger partial charge in [-0.1, -0.05) is 132 Å². The van der Waals surface area contributed by atoms with Crippen LogP contribution >= 0.6 is 0 Å². The molecule has 156 valence electrons. The summed E-state index contributed by atoms with van der Waals surface area (Å²) in [7, 11) is 0. The molecule has 0 saturated carbocycles. The Morgan fingerprint density at radius 2 is 1.30 bits per heavy atom. The number of unbranched alkanes of at least 4 members (excludes halogenated alkanes) is 4. The largest absolute Gasteiger partial charge is 0.0654 e. The lowest BCUT2D eigenvalue weighted by molar-refractivity contribution is 0.656. The quantitative estimate of drug-likeness (QED) is 0.349. The highest BCUT2D eigenvalue weighted by molar-refractivity contribution is 6.04. The van der Waals surface area contributed by atoms with E-state index in [2.05, 4.69) is 99.7 Å². The summed E-state index contributed by atoms with van der Waals surface area (Å²) in [5.41, 5.74) is 6.86. The average Bonchev–Trinajstić information content (AvgIpc) is 3.13. The Bertz CT molecular complexity index is 994. The standard InChI is InChI=1S/C23H20.C7H16/c1-2-8-18-15-20(23-14-6-5-13-22(18)23)16-19-11-7-10-17-9-3-4-12-21(17)19;1-3-5-7-6-4-2/h3-7,9-16H,2,8H2,1H3;3-7H2,1-2H3/b20-16+;. The monoisotopic (exact) mass is 396 g/mol. The van der Waals surface area contributed by atoms with Crippen LogP contribution < -0.4 is 0 Å². The van der Waals surface area contributed by atoms with Gasteiger partial charge in [0, 0.05) is 0 Å². The highest BCUT2D eigenvalue weighted by atomic mass is 14.2. The summed E-state index contributed by atoms with van der Waals surface area (Å²) in [5.74, 6) is 0. The van der Waals surface area contributed by atoms with Crippen LogP contribution in [0.3, 0.4) is 0 Å². The number of rotatable bonds is 7. The summed E-state index contributed by atoms with van der Waals surface area (Å²) in [6.45, 7) is 6.74. The second kappa shape index (κ2) is 11.6. The fraction of sp³-hybridized carbons (Fsp3) is 0.333. The molecule has 0 N–H and O–H groups in total. The van der Waals surface area contributed by atoms with Crippen LogP contribution in [0.15, 0.2) is 72.8 Å². The minimum atomic E-state index is 1.14. The molecule has 0 unspecified atom stereocenters. The van der Waals surface area contributed by atoms with E-state index in [1.165, 1.54) is 77.1 Å². The molecule has 0 radical (unpaired) electrons. The van der Waals surface area contributed by atoms with E-state index in [0.29, 0.717) is 0 Å². The van der Waals surface area contributed by atoms with E-state index in [-0.39, 0.29) is 0 Å². The van der Waals surface area contributed by atoms with Crippen molar-refractivity contribution in [2.45, 2.75) is 65.7 Å². The van der Waals surface area contributed by atoms with Gasteiger partial charge >= 0.3 is 0 Å². The number of hydrogen-bond acceptors (Lipinski definition) is 0. The van der Waals surface area contributed by atoms with Gasteiger partial charge in [-0.15, -0.1) is 0 Å². The molecule has 0 bridgehead atoms. The summed E-state index contributed by atoms with van der Waals surface area (Å²) in [6.07, 6.45) is 14.0. The minimum Gasteiger partial charge on any atom is -0.0654 e. The molecule has 0 heteroatoms. The topological polar surface area (TPSA) is 0 Å². The molecule has 0 spiro atoms. The zero-order chi connectivity index (χ0) is 21.2. The molecule has 0 nitrogen and oxygen atoms in total. The molecular weight excluding hydrogens is 360 g/mol. The molecule has 0 fully saturated rings. The number of allylic oxidation sites excluding steroid dienone is 3. The van der Waals surface area contributed by atoms with Gasteiger partial charge in [0.25, 0.3) is 0 Å². The van der Waals surface area contributed by atoms with Crippen molar-refractivity contribution >= 4 is 28.0 Å². The Labute approximate surface area is 183 Å². The lowest BCUT2D eigenvalue weighted by Crippen LogP contribution is -1.84. The van der Waals surface area contributed by atoms with Crippen molar-refractivity contribution in [2.75, 3.05) is 0 Å². The van der Waals surface area contributed by atoms with Crippen molar-refractivity contribution in [2.24, 2.45) is 0 Å². The molecule has 3 aromatic carbocycles. The Balaban J connectivity index is 0.000000318. The van der Waals surface area contributed by atoms with Gasteiger partial charge in [-0.2, -0.15) is 0 Å². The van der Waals surface area contributed by atoms with Crippen LogP contribution in [-0.4, -0.2) is 0 Å². The van der Waals surface area contributed by atoms with E-state index in [9.17, 15) is 0 Å². The predicted molar refractivity (Wildman–Crippen MR) is 136 cm³/mol. The van der Waals surface area contributed by atoms with Crippen molar-refractivity contribution in [3.8, 4) is 0 Å². The smallest absolute Gasteiger partial charge is 0.0108 e. The van der Waals surface area contributed by atoms with Gasteiger partial charge in [-0.3, -0.25) is 0 Å². The molecule has 30 heavy (non-hydrogen) atoms. The Morgan fingerprint density at radius 3 is 2.03 bits per heavy atom. The molecule has 0 amide bonds. The van der Waals surface area contributed by atoms with E-state index < -0.39 is 0 Å². The van der Waals surface area contributed by atoms with Crippen molar-refractivity contribution in [3.63, 3.8) is 0 Å². The Hall–Kier alpha value is -2.60. The van der Waals surface area contributed by atoms with Gasteiger partial charge in [-0.05, 0) is 51.1 Å². The van der Waals surface area contributed by atoms with Crippen LogP contribution in [0, 0.1) is 0 Å². The first kappa shape index (κ1) is 22.1. The van der Waals surface area contributed by atoms with Crippen molar-refractivity contribution < 1.29 is 0 Å². The van der Waals surface area contributed by atoms with E-state index in [0.717, 1.165) is 6.42 Å². The third kappa shape index (κ3) is 5.51. The number of benzene rings is 3. The molecule has 1 aliphatic rings. The second-order valence-corrected chi connectivity index (χ2v) is 8.19. The molecule has 0 saturated heterocycles. The third-order valence-electron chi connectivity index (χ3n) is 5.77. The van der Waals surface area contributed by atoms with Crippen LogP contribution in [0.25, 0.3) is 28.0 Å². The maximum atomic E-state index is 2.37. The van der Waals surface area contributed by atoms with Crippen LogP contribution in [0.1, 0.15) is 82.4 Å². The maximum Gasteiger partial charge on any atom is -0.0108 e. The summed E-state index contributed by atoms with van der Waals surface area (Å²) < 4.78 is 0. The molecular formula is C30H36. The fourth-order valence-electron chi connectivity index (χ4n) is 4.17. The molecule has 0 aromatic heterocycles. The first-order valence-electron chi connectivity index (χ1n) is 11.8. The molecule has 0 aliphatic heterocycles. The molecule has 3 aromatic rings. The van der Waals surface area contributed by atoms with E-state index in [1.807, 2.05) is 0 Å². The molecule has 1 aliphatic carbocycles. The fourth-order valence-corrected chi connectivity index (χ4v) is 4.17. The second-order valence-electron chi connectivity index (χ2n) is 8.19. The normalized spacial score (nSPS) is 13.7. The number of fused-ring (bicyclic) bond motifs is 2. The first-order chi connectivity index (χ1) is 14.8. The lowest BCUT2D eigenvalue weighted by atomic mass is 9.99. The molecule has 0 heterocycles. The molecule has 0 atom stereocenters. The third-order valence-corrected chi connectivity index (χ3v) is 5.77. The summed E-state index contributed by atoms with van der Waals surface area (Å²) >= 11 is 0. The van der Waals surface area contributed by atoms with Crippen molar-refractivity contribution in [3.05, 3.63) is 89.5 Å². The zero-order valence-corrected chi connectivity index (χ0v) is 19.0. The molecule has 4 rings (SSSR count). The van der Waals surface area contributed by atoms with Crippen molar-refractivity contribution in [1.82, 2.24) is 0 Å². The minimum absolute atomic E-state index is 1.14. The lowest BCUT2D eigenvalue weighted by Gasteiger charge is -2.05.